The molecule has 0 aromatic heterocycles. The molecule has 0 amide bonds. The number of alkyl halides is 1. The van der Waals surface area contributed by atoms with Gasteiger partial charge in [-0.25, -0.2) is 0 Å². The van der Waals surface area contributed by atoms with Crippen LogP contribution in [-0.2, 0) is 4.74 Å². The standard InChI is InChI=1S/C7H15BrO/c1-3-7(2)9-6-4-5-8/h7H,3-6H2,1-2H3/t7-/m0/s1. The molecule has 0 N–H and O–H groups in total. The zero-order valence-electron chi connectivity index (χ0n) is 6.19. The summed E-state index contributed by atoms with van der Waals surface area (Å²) in [5.41, 5.74) is 0. The molecular formula is C7H15BrO. The number of hydrogen-bond donors (Lipinski definition) is 0. The van der Waals surface area contributed by atoms with E-state index in [0.29, 0.717) is 6.10 Å². The minimum atomic E-state index is 0.434. The van der Waals surface area contributed by atoms with E-state index in [1.165, 1.54) is 0 Å². The summed E-state index contributed by atoms with van der Waals surface area (Å²) in [6.45, 7) is 5.13. The molecule has 0 radical (unpaired) electrons. The maximum absolute atomic E-state index is 5.40. The van der Waals surface area contributed by atoms with Crippen molar-refractivity contribution in [1.29, 1.82) is 0 Å². The Hall–Kier alpha value is 0.440. The summed E-state index contributed by atoms with van der Waals surface area (Å²) in [6, 6.07) is 0. The molecule has 0 aliphatic rings. The highest BCUT2D eigenvalue weighted by Gasteiger charge is 1.95. The molecule has 0 aromatic rings. The molecule has 0 heterocycles. The summed E-state index contributed by atoms with van der Waals surface area (Å²) in [7, 11) is 0. The second-order valence-electron chi connectivity index (χ2n) is 2.13. The van der Waals surface area contributed by atoms with Crippen molar-refractivity contribution in [2.24, 2.45) is 0 Å². The van der Waals surface area contributed by atoms with Crippen LogP contribution < -0.4 is 0 Å². The van der Waals surface area contributed by atoms with E-state index >= 15 is 0 Å². The van der Waals surface area contributed by atoms with Crippen molar-refractivity contribution in [3.05, 3.63) is 0 Å². The first-order chi connectivity index (χ1) is 4.31. The number of halogens is 1. The van der Waals surface area contributed by atoms with Crippen molar-refractivity contribution in [3.8, 4) is 0 Å². The van der Waals surface area contributed by atoms with Crippen LogP contribution in [0.25, 0.3) is 0 Å². The van der Waals surface area contributed by atoms with Crippen LogP contribution >= 0.6 is 15.9 Å². The maximum atomic E-state index is 5.40. The maximum Gasteiger partial charge on any atom is 0.0544 e. The summed E-state index contributed by atoms with van der Waals surface area (Å²) in [5.74, 6) is 0. The van der Waals surface area contributed by atoms with E-state index in [-0.39, 0.29) is 0 Å². The molecule has 0 aliphatic heterocycles. The van der Waals surface area contributed by atoms with Crippen LogP contribution in [0.2, 0.25) is 0 Å². The lowest BCUT2D eigenvalue weighted by Crippen LogP contribution is -2.07. The fourth-order valence-electron chi connectivity index (χ4n) is 0.457. The van der Waals surface area contributed by atoms with Gasteiger partial charge in [0, 0.05) is 11.9 Å². The SMILES string of the molecule is CC[C@H](C)OCCCBr. The first kappa shape index (κ1) is 9.44. The van der Waals surface area contributed by atoms with Gasteiger partial charge in [0.05, 0.1) is 6.10 Å². The van der Waals surface area contributed by atoms with Crippen molar-refractivity contribution < 1.29 is 4.74 Å². The first-order valence-corrected chi connectivity index (χ1v) is 4.61. The van der Waals surface area contributed by atoms with Gasteiger partial charge in [-0.15, -0.1) is 0 Å². The normalized spacial score (nSPS) is 13.7. The Morgan fingerprint density at radius 1 is 1.56 bits per heavy atom. The van der Waals surface area contributed by atoms with E-state index in [0.717, 1.165) is 24.8 Å². The average Bonchev–Trinajstić information content (AvgIpc) is 1.89. The second-order valence-corrected chi connectivity index (χ2v) is 2.93. The Bertz CT molecular complexity index is 56.9. The molecule has 56 valence electrons. The van der Waals surface area contributed by atoms with Crippen LogP contribution in [0.5, 0.6) is 0 Å². The third-order valence-electron chi connectivity index (χ3n) is 1.26. The molecular weight excluding hydrogens is 180 g/mol. The smallest absolute Gasteiger partial charge is 0.0544 e. The molecule has 0 spiro atoms. The fourth-order valence-corrected chi connectivity index (χ4v) is 0.686. The van der Waals surface area contributed by atoms with Gasteiger partial charge in [0.1, 0.15) is 0 Å². The van der Waals surface area contributed by atoms with Crippen LogP contribution in [0, 0.1) is 0 Å². The molecule has 1 nitrogen and oxygen atoms in total. The Balaban J connectivity index is 2.88. The molecule has 0 saturated heterocycles. The third kappa shape index (κ3) is 6.32. The quantitative estimate of drug-likeness (QED) is 0.484. The molecule has 0 unspecified atom stereocenters. The van der Waals surface area contributed by atoms with Gasteiger partial charge in [-0.3, -0.25) is 0 Å². The van der Waals surface area contributed by atoms with Crippen molar-refractivity contribution in [2.75, 3.05) is 11.9 Å². The predicted octanol–water partition coefficient (Wildman–Crippen LogP) is 2.59. The van der Waals surface area contributed by atoms with Crippen LogP contribution in [0.3, 0.4) is 0 Å². The van der Waals surface area contributed by atoms with Gasteiger partial charge in [-0.05, 0) is 19.8 Å². The van der Waals surface area contributed by atoms with Crippen LogP contribution in [0.1, 0.15) is 26.7 Å². The molecule has 0 bridgehead atoms. The van der Waals surface area contributed by atoms with Gasteiger partial charge in [-0.1, -0.05) is 22.9 Å². The summed E-state index contributed by atoms with van der Waals surface area (Å²) in [6.07, 6.45) is 2.66. The van der Waals surface area contributed by atoms with Crippen LogP contribution in [0.4, 0.5) is 0 Å². The molecule has 9 heavy (non-hydrogen) atoms. The summed E-state index contributed by atoms with van der Waals surface area (Å²) >= 11 is 3.34. The number of hydrogen-bond acceptors (Lipinski definition) is 1. The van der Waals surface area contributed by atoms with Gasteiger partial charge in [0.15, 0.2) is 0 Å². The van der Waals surface area contributed by atoms with Gasteiger partial charge in [0.2, 0.25) is 0 Å². The summed E-state index contributed by atoms with van der Waals surface area (Å²) < 4.78 is 5.40. The molecule has 0 saturated carbocycles. The van der Waals surface area contributed by atoms with E-state index in [1.54, 1.807) is 0 Å². The Morgan fingerprint density at radius 3 is 2.67 bits per heavy atom. The zero-order valence-corrected chi connectivity index (χ0v) is 7.78. The largest absolute Gasteiger partial charge is 0.378 e. The average molecular weight is 195 g/mol. The molecule has 2 heteroatoms. The summed E-state index contributed by atoms with van der Waals surface area (Å²) in [4.78, 5) is 0. The van der Waals surface area contributed by atoms with E-state index in [2.05, 4.69) is 29.8 Å². The molecule has 0 aliphatic carbocycles. The minimum absolute atomic E-state index is 0.434. The van der Waals surface area contributed by atoms with E-state index in [4.69, 9.17) is 4.74 Å². The van der Waals surface area contributed by atoms with Gasteiger partial charge in [-0.2, -0.15) is 0 Å². The summed E-state index contributed by atoms with van der Waals surface area (Å²) in [5, 5.41) is 1.05. The Morgan fingerprint density at radius 2 is 2.22 bits per heavy atom. The van der Waals surface area contributed by atoms with Crippen molar-refractivity contribution >= 4 is 15.9 Å². The van der Waals surface area contributed by atoms with Crippen molar-refractivity contribution in [3.63, 3.8) is 0 Å². The first-order valence-electron chi connectivity index (χ1n) is 3.48. The molecule has 1 atom stereocenters. The highest BCUT2D eigenvalue weighted by atomic mass is 79.9. The lowest BCUT2D eigenvalue weighted by atomic mass is 10.3. The van der Waals surface area contributed by atoms with E-state index < -0.39 is 0 Å². The fraction of sp³-hybridized carbons (Fsp3) is 1.00. The highest BCUT2D eigenvalue weighted by Crippen LogP contribution is 1.97. The lowest BCUT2D eigenvalue weighted by molar-refractivity contribution is 0.0648. The Kier molecular flexibility index (Phi) is 6.88. The van der Waals surface area contributed by atoms with Crippen LogP contribution in [-0.4, -0.2) is 18.0 Å². The third-order valence-corrected chi connectivity index (χ3v) is 1.82. The van der Waals surface area contributed by atoms with Gasteiger partial charge < -0.3 is 4.74 Å². The molecule has 0 aromatic carbocycles. The molecule has 0 fully saturated rings. The van der Waals surface area contributed by atoms with Crippen LogP contribution in [0.15, 0.2) is 0 Å². The van der Waals surface area contributed by atoms with E-state index in [1.807, 2.05) is 0 Å². The van der Waals surface area contributed by atoms with Crippen molar-refractivity contribution in [1.82, 2.24) is 0 Å². The second kappa shape index (κ2) is 6.56. The number of ether oxygens (including phenoxy) is 1. The predicted molar refractivity (Wildman–Crippen MR) is 44.1 cm³/mol. The topological polar surface area (TPSA) is 9.23 Å². The monoisotopic (exact) mass is 194 g/mol. The van der Waals surface area contributed by atoms with Gasteiger partial charge >= 0.3 is 0 Å². The minimum Gasteiger partial charge on any atom is -0.378 e. The lowest BCUT2D eigenvalue weighted by Gasteiger charge is -2.08. The van der Waals surface area contributed by atoms with E-state index in [9.17, 15) is 0 Å². The zero-order chi connectivity index (χ0) is 7.11. The van der Waals surface area contributed by atoms with Gasteiger partial charge in [0.25, 0.3) is 0 Å². The Labute approximate surface area is 65.9 Å². The van der Waals surface area contributed by atoms with Crippen molar-refractivity contribution in [2.45, 2.75) is 32.8 Å². The molecule has 0 rings (SSSR count). The highest BCUT2D eigenvalue weighted by molar-refractivity contribution is 9.09. The number of rotatable bonds is 5.